The van der Waals surface area contributed by atoms with Crippen molar-refractivity contribution in [2.45, 2.75) is 20.1 Å². The monoisotopic (exact) mass is 370 g/mol. The number of aromatic nitrogens is 2. The number of hydrogen-bond donors (Lipinski definition) is 2. The standard InChI is InChI=1S/C19H19ClN4O2/c1-2-14-3-9-18(10-4-14)26-13-24-12-17(11-21-24)23-19(25)22-16-7-5-15(20)6-8-16/h3-12H,2,13H2,1H3,(H2,22,23,25). The SMILES string of the molecule is CCc1ccc(OCn2cc(NC(=O)Nc3ccc(Cl)cc3)cn2)cc1. The number of hydrogen-bond acceptors (Lipinski definition) is 3. The van der Waals surface area contributed by atoms with Crippen LogP contribution in [-0.4, -0.2) is 15.8 Å². The highest BCUT2D eigenvalue weighted by Crippen LogP contribution is 2.15. The van der Waals surface area contributed by atoms with Crippen molar-refractivity contribution in [3.63, 3.8) is 0 Å². The van der Waals surface area contributed by atoms with Crippen molar-refractivity contribution in [3.8, 4) is 5.75 Å². The lowest BCUT2D eigenvalue weighted by molar-refractivity contribution is 0.221. The number of carbonyl (C=O) groups is 1. The van der Waals surface area contributed by atoms with Crippen LogP contribution in [0.1, 0.15) is 12.5 Å². The third-order valence-corrected chi connectivity index (χ3v) is 3.94. The average Bonchev–Trinajstić information content (AvgIpc) is 3.09. The molecule has 134 valence electrons. The molecule has 7 heteroatoms. The molecule has 0 saturated heterocycles. The Bertz CT molecular complexity index is 860. The summed E-state index contributed by atoms with van der Waals surface area (Å²) in [5.74, 6) is 0.771. The first-order chi connectivity index (χ1) is 12.6. The molecule has 0 bridgehead atoms. The van der Waals surface area contributed by atoms with Crippen LogP contribution in [0.2, 0.25) is 5.02 Å². The largest absolute Gasteiger partial charge is 0.471 e. The van der Waals surface area contributed by atoms with Gasteiger partial charge in [-0.05, 0) is 48.4 Å². The molecule has 2 aromatic carbocycles. The van der Waals surface area contributed by atoms with E-state index in [0.717, 1.165) is 12.2 Å². The fourth-order valence-electron chi connectivity index (χ4n) is 2.29. The summed E-state index contributed by atoms with van der Waals surface area (Å²) >= 11 is 5.82. The van der Waals surface area contributed by atoms with E-state index in [2.05, 4.69) is 22.7 Å². The van der Waals surface area contributed by atoms with Crippen LogP contribution in [0.15, 0.2) is 60.9 Å². The molecule has 6 nitrogen and oxygen atoms in total. The lowest BCUT2D eigenvalue weighted by atomic mass is 10.2. The molecule has 2 N–H and O–H groups in total. The summed E-state index contributed by atoms with van der Waals surface area (Å²) in [7, 11) is 0. The van der Waals surface area contributed by atoms with Gasteiger partial charge in [0, 0.05) is 10.7 Å². The van der Waals surface area contributed by atoms with Crippen LogP contribution >= 0.6 is 11.6 Å². The van der Waals surface area contributed by atoms with Gasteiger partial charge in [-0.25, -0.2) is 9.48 Å². The van der Waals surface area contributed by atoms with Gasteiger partial charge in [0.15, 0.2) is 6.73 Å². The van der Waals surface area contributed by atoms with Gasteiger partial charge in [0.05, 0.1) is 18.1 Å². The van der Waals surface area contributed by atoms with Crippen molar-refractivity contribution in [1.29, 1.82) is 0 Å². The maximum atomic E-state index is 12.0. The summed E-state index contributed by atoms with van der Waals surface area (Å²) in [6, 6.07) is 14.4. The Morgan fingerprint density at radius 3 is 2.46 bits per heavy atom. The molecule has 26 heavy (non-hydrogen) atoms. The Morgan fingerprint density at radius 1 is 1.08 bits per heavy atom. The number of halogens is 1. The summed E-state index contributed by atoms with van der Waals surface area (Å²) in [6.45, 7) is 2.36. The van der Waals surface area contributed by atoms with Gasteiger partial charge in [0.25, 0.3) is 0 Å². The van der Waals surface area contributed by atoms with E-state index in [1.54, 1.807) is 41.3 Å². The smallest absolute Gasteiger partial charge is 0.323 e. The lowest BCUT2D eigenvalue weighted by Gasteiger charge is -2.07. The van der Waals surface area contributed by atoms with Crippen molar-refractivity contribution in [2.75, 3.05) is 10.6 Å². The number of urea groups is 1. The molecule has 0 saturated carbocycles. The highest BCUT2D eigenvalue weighted by Gasteiger charge is 2.05. The summed E-state index contributed by atoms with van der Waals surface area (Å²) < 4.78 is 7.28. The van der Waals surface area contributed by atoms with E-state index >= 15 is 0 Å². The van der Waals surface area contributed by atoms with Crippen LogP contribution in [0.3, 0.4) is 0 Å². The molecule has 0 spiro atoms. The van der Waals surface area contributed by atoms with Crippen LogP contribution < -0.4 is 15.4 Å². The van der Waals surface area contributed by atoms with Gasteiger partial charge in [-0.1, -0.05) is 30.7 Å². The van der Waals surface area contributed by atoms with Gasteiger partial charge in [-0.15, -0.1) is 0 Å². The van der Waals surface area contributed by atoms with Crippen LogP contribution in [-0.2, 0) is 13.2 Å². The van der Waals surface area contributed by atoms with E-state index in [4.69, 9.17) is 16.3 Å². The Hall–Kier alpha value is -2.99. The number of benzene rings is 2. The Labute approximate surface area is 156 Å². The van der Waals surface area contributed by atoms with Crippen molar-refractivity contribution in [2.24, 2.45) is 0 Å². The van der Waals surface area contributed by atoms with E-state index in [9.17, 15) is 4.79 Å². The molecule has 2 amide bonds. The predicted octanol–water partition coefficient (Wildman–Crippen LogP) is 4.78. The average molecular weight is 371 g/mol. The second-order valence-electron chi connectivity index (χ2n) is 5.63. The van der Waals surface area contributed by atoms with Gasteiger partial charge in [-0.3, -0.25) is 0 Å². The van der Waals surface area contributed by atoms with E-state index in [0.29, 0.717) is 16.4 Å². The molecule has 0 aliphatic heterocycles. The van der Waals surface area contributed by atoms with Gasteiger partial charge in [0.1, 0.15) is 5.75 Å². The number of carbonyl (C=O) groups excluding carboxylic acids is 1. The molecular formula is C19H19ClN4O2. The Balaban J connectivity index is 1.50. The molecule has 0 atom stereocenters. The van der Waals surface area contributed by atoms with E-state index in [1.807, 2.05) is 24.3 Å². The number of rotatable bonds is 6. The number of ether oxygens (including phenoxy) is 1. The van der Waals surface area contributed by atoms with Crippen molar-refractivity contribution < 1.29 is 9.53 Å². The number of nitrogens with one attached hydrogen (secondary N) is 2. The van der Waals surface area contributed by atoms with Crippen molar-refractivity contribution in [1.82, 2.24) is 9.78 Å². The van der Waals surface area contributed by atoms with E-state index in [-0.39, 0.29) is 12.8 Å². The first-order valence-corrected chi connectivity index (χ1v) is 8.58. The molecule has 3 rings (SSSR count). The zero-order valence-electron chi connectivity index (χ0n) is 14.3. The van der Waals surface area contributed by atoms with Gasteiger partial charge in [0.2, 0.25) is 0 Å². The molecule has 3 aromatic rings. The molecule has 0 unspecified atom stereocenters. The zero-order valence-corrected chi connectivity index (χ0v) is 15.0. The normalized spacial score (nSPS) is 10.4. The third kappa shape index (κ3) is 5.00. The minimum Gasteiger partial charge on any atom is -0.471 e. The fourth-order valence-corrected chi connectivity index (χ4v) is 2.41. The minimum absolute atomic E-state index is 0.256. The van der Waals surface area contributed by atoms with Gasteiger partial charge in [-0.2, -0.15) is 5.10 Å². The number of amides is 2. The van der Waals surface area contributed by atoms with E-state index < -0.39 is 0 Å². The molecule has 1 heterocycles. The highest BCUT2D eigenvalue weighted by molar-refractivity contribution is 6.30. The molecule has 0 fully saturated rings. The molecule has 0 radical (unpaired) electrons. The van der Waals surface area contributed by atoms with Gasteiger partial charge >= 0.3 is 6.03 Å². The number of anilines is 2. The summed E-state index contributed by atoms with van der Waals surface area (Å²) in [5, 5.41) is 10.2. The summed E-state index contributed by atoms with van der Waals surface area (Å²) in [5.41, 5.74) is 2.48. The zero-order chi connectivity index (χ0) is 18.4. The minimum atomic E-state index is -0.358. The van der Waals surface area contributed by atoms with Crippen molar-refractivity contribution >= 4 is 29.0 Å². The second-order valence-corrected chi connectivity index (χ2v) is 6.06. The Kier molecular flexibility index (Phi) is 5.76. The lowest BCUT2D eigenvalue weighted by Crippen LogP contribution is -2.19. The molecule has 0 aliphatic rings. The summed E-state index contributed by atoms with van der Waals surface area (Å²) in [4.78, 5) is 12.0. The predicted molar refractivity (Wildman–Crippen MR) is 103 cm³/mol. The first-order valence-electron chi connectivity index (χ1n) is 8.20. The Morgan fingerprint density at radius 2 is 1.77 bits per heavy atom. The molecular weight excluding hydrogens is 352 g/mol. The molecule has 1 aromatic heterocycles. The first kappa shape index (κ1) is 17.8. The topological polar surface area (TPSA) is 68.2 Å². The van der Waals surface area contributed by atoms with E-state index in [1.165, 1.54) is 5.56 Å². The van der Waals surface area contributed by atoms with Crippen LogP contribution in [0.25, 0.3) is 0 Å². The highest BCUT2D eigenvalue weighted by atomic mass is 35.5. The van der Waals surface area contributed by atoms with Crippen LogP contribution in [0, 0.1) is 0 Å². The third-order valence-electron chi connectivity index (χ3n) is 3.69. The maximum Gasteiger partial charge on any atom is 0.323 e. The van der Waals surface area contributed by atoms with Gasteiger partial charge < -0.3 is 15.4 Å². The van der Waals surface area contributed by atoms with Crippen molar-refractivity contribution in [3.05, 3.63) is 71.5 Å². The fraction of sp³-hybridized carbons (Fsp3) is 0.158. The van der Waals surface area contributed by atoms with Crippen LogP contribution in [0.4, 0.5) is 16.2 Å². The number of aryl methyl sites for hydroxylation is 1. The summed E-state index contributed by atoms with van der Waals surface area (Å²) in [6.07, 6.45) is 4.25. The second kappa shape index (κ2) is 8.40. The molecule has 0 aliphatic carbocycles. The maximum absolute atomic E-state index is 12.0. The quantitative estimate of drug-likeness (QED) is 0.656. The number of nitrogens with zero attached hydrogens (tertiary/aromatic N) is 2. The van der Waals surface area contributed by atoms with Crippen LogP contribution in [0.5, 0.6) is 5.75 Å².